The minimum atomic E-state index is -0.537. The molecule has 0 bridgehead atoms. The first-order chi connectivity index (χ1) is 6.77. The van der Waals surface area contributed by atoms with Crippen molar-refractivity contribution in [2.45, 2.75) is 0 Å². The minimum Gasteiger partial charge on any atom is -0.364 e. The number of nitrogens with two attached hydrogens (primary N) is 1. The van der Waals surface area contributed by atoms with Gasteiger partial charge >= 0.3 is 0 Å². The number of nitrogens with zero attached hydrogens (tertiary/aromatic N) is 2. The van der Waals surface area contributed by atoms with Crippen molar-refractivity contribution in [3.63, 3.8) is 0 Å². The van der Waals surface area contributed by atoms with Crippen molar-refractivity contribution in [1.29, 1.82) is 0 Å². The zero-order valence-electron chi connectivity index (χ0n) is 7.18. The second-order valence-corrected chi connectivity index (χ2v) is 3.55. The number of aromatic nitrogens is 2. The van der Waals surface area contributed by atoms with Crippen molar-refractivity contribution in [3.8, 4) is 10.7 Å². The third kappa shape index (κ3) is 1.62. The van der Waals surface area contributed by atoms with Crippen LogP contribution in [0.5, 0.6) is 0 Å². The number of hydrogen-bond donors (Lipinski definition) is 1. The first kappa shape index (κ1) is 8.83. The van der Waals surface area contributed by atoms with Crippen molar-refractivity contribution in [1.82, 2.24) is 9.97 Å². The molecular weight excluding hydrogens is 198 g/mol. The van der Waals surface area contributed by atoms with Gasteiger partial charge in [-0.05, 0) is 17.5 Å². The zero-order valence-corrected chi connectivity index (χ0v) is 7.99. The van der Waals surface area contributed by atoms with Gasteiger partial charge in [0, 0.05) is 6.20 Å². The molecule has 0 unspecified atom stereocenters. The normalized spacial score (nSPS) is 10.0. The number of carbonyl (C=O) groups excluding carboxylic acids is 1. The Morgan fingerprint density at radius 2 is 2.29 bits per heavy atom. The summed E-state index contributed by atoms with van der Waals surface area (Å²) in [4.78, 5) is 19.9. The topological polar surface area (TPSA) is 68.9 Å². The third-order valence-corrected chi connectivity index (χ3v) is 2.52. The number of amides is 1. The summed E-state index contributed by atoms with van der Waals surface area (Å²) in [5, 5.41) is 1.93. The van der Waals surface area contributed by atoms with Crippen molar-refractivity contribution in [2.24, 2.45) is 5.73 Å². The maximum Gasteiger partial charge on any atom is 0.267 e. The average Bonchev–Trinajstić information content (AvgIpc) is 2.71. The van der Waals surface area contributed by atoms with Crippen molar-refractivity contribution in [3.05, 3.63) is 35.5 Å². The molecule has 0 radical (unpaired) electrons. The Labute approximate surface area is 84.4 Å². The first-order valence-electron chi connectivity index (χ1n) is 3.94. The molecule has 2 aromatic heterocycles. The van der Waals surface area contributed by atoms with Crippen LogP contribution >= 0.6 is 11.3 Å². The minimum absolute atomic E-state index is 0.239. The van der Waals surface area contributed by atoms with Gasteiger partial charge in [-0.1, -0.05) is 6.07 Å². The van der Waals surface area contributed by atoms with Gasteiger partial charge < -0.3 is 5.73 Å². The van der Waals surface area contributed by atoms with E-state index < -0.39 is 5.91 Å². The van der Waals surface area contributed by atoms with E-state index in [1.54, 1.807) is 0 Å². The number of hydrogen-bond acceptors (Lipinski definition) is 4. The third-order valence-electron chi connectivity index (χ3n) is 1.65. The van der Waals surface area contributed by atoms with Crippen LogP contribution in [0.3, 0.4) is 0 Å². The summed E-state index contributed by atoms with van der Waals surface area (Å²) in [5.74, 6) is 0.00139. The van der Waals surface area contributed by atoms with Gasteiger partial charge in [0.1, 0.15) is 5.69 Å². The van der Waals surface area contributed by atoms with Crippen LogP contribution in [0.1, 0.15) is 10.5 Å². The number of thiophene rings is 1. The van der Waals surface area contributed by atoms with Crippen LogP contribution in [0, 0.1) is 0 Å². The van der Waals surface area contributed by atoms with Gasteiger partial charge in [0.05, 0.1) is 4.88 Å². The molecule has 0 atom stereocenters. The molecule has 0 spiro atoms. The molecule has 14 heavy (non-hydrogen) atoms. The maximum atomic E-state index is 10.9. The quantitative estimate of drug-likeness (QED) is 0.803. The van der Waals surface area contributed by atoms with E-state index in [0.29, 0.717) is 5.82 Å². The second kappa shape index (κ2) is 3.55. The van der Waals surface area contributed by atoms with Crippen LogP contribution in [0.2, 0.25) is 0 Å². The molecule has 0 saturated carbocycles. The molecule has 4 nitrogen and oxygen atoms in total. The SMILES string of the molecule is NC(=O)c1ccnc(-c2cccs2)n1. The fourth-order valence-electron chi connectivity index (χ4n) is 1.02. The smallest absolute Gasteiger partial charge is 0.267 e. The largest absolute Gasteiger partial charge is 0.364 e. The van der Waals surface area contributed by atoms with Gasteiger partial charge in [-0.3, -0.25) is 4.79 Å². The van der Waals surface area contributed by atoms with Gasteiger partial charge in [-0.25, -0.2) is 9.97 Å². The summed E-state index contributed by atoms with van der Waals surface area (Å²) in [6.45, 7) is 0. The fraction of sp³-hybridized carbons (Fsp3) is 0. The van der Waals surface area contributed by atoms with Gasteiger partial charge in [-0.15, -0.1) is 11.3 Å². The highest BCUT2D eigenvalue weighted by atomic mass is 32.1. The average molecular weight is 205 g/mol. The monoisotopic (exact) mass is 205 g/mol. The standard InChI is InChI=1S/C9H7N3OS/c10-8(13)6-3-4-11-9(12-6)7-2-1-5-14-7/h1-5H,(H2,10,13). The van der Waals surface area contributed by atoms with E-state index in [2.05, 4.69) is 9.97 Å². The lowest BCUT2D eigenvalue weighted by atomic mass is 10.3. The molecule has 70 valence electrons. The second-order valence-electron chi connectivity index (χ2n) is 2.61. The van der Waals surface area contributed by atoms with Gasteiger partial charge in [0.15, 0.2) is 5.82 Å². The molecule has 2 rings (SSSR count). The number of primary amides is 1. The van der Waals surface area contributed by atoms with E-state index in [9.17, 15) is 4.79 Å². The highest BCUT2D eigenvalue weighted by Crippen LogP contribution is 2.20. The summed E-state index contributed by atoms with van der Waals surface area (Å²) >= 11 is 1.52. The van der Waals surface area contributed by atoms with Crippen molar-refractivity contribution in [2.75, 3.05) is 0 Å². The Bertz CT molecular complexity index is 453. The number of rotatable bonds is 2. The first-order valence-corrected chi connectivity index (χ1v) is 4.82. The summed E-state index contributed by atoms with van der Waals surface area (Å²) in [5.41, 5.74) is 5.35. The summed E-state index contributed by atoms with van der Waals surface area (Å²) < 4.78 is 0. The van der Waals surface area contributed by atoms with Crippen LogP contribution in [0.15, 0.2) is 29.8 Å². The predicted molar refractivity (Wildman–Crippen MR) is 53.9 cm³/mol. The molecule has 0 fully saturated rings. The van der Waals surface area contributed by atoms with E-state index in [0.717, 1.165) is 4.88 Å². The number of carbonyl (C=O) groups is 1. The molecule has 0 aliphatic carbocycles. The highest BCUT2D eigenvalue weighted by Gasteiger charge is 2.06. The Kier molecular flexibility index (Phi) is 2.24. The van der Waals surface area contributed by atoms with Crippen LogP contribution < -0.4 is 5.73 Å². The van der Waals surface area contributed by atoms with Gasteiger partial charge in [-0.2, -0.15) is 0 Å². The van der Waals surface area contributed by atoms with E-state index in [-0.39, 0.29) is 5.69 Å². The highest BCUT2D eigenvalue weighted by molar-refractivity contribution is 7.13. The molecule has 2 aromatic rings. The van der Waals surface area contributed by atoms with Crippen LogP contribution in [-0.2, 0) is 0 Å². The molecule has 0 aliphatic rings. The summed E-state index contributed by atoms with van der Waals surface area (Å²) in [6.07, 6.45) is 1.53. The fourth-order valence-corrected chi connectivity index (χ4v) is 1.69. The van der Waals surface area contributed by atoms with E-state index in [1.165, 1.54) is 23.6 Å². The lowest BCUT2D eigenvalue weighted by Crippen LogP contribution is -2.13. The van der Waals surface area contributed by atoms with E-state index in [4.69, 9.17) is 5.73 Å². The molecule has 0 aliphatic heterocycles. The molecule has 2 heterocycles. The van der Waals surface area contributed by atoms with Gasteiger partial charge in [0.2, 0.25) is 0 Å². The molecule has 2 N–H and O–H groups in total. The van der Waals surface area contributed by atoms with E-state index in [1.807, 2.05) is 17.5 Å². The van der Waals surface area contributed by atoms with Gasteiger partial charge in [0.25, 0.3) is 5.91 Å². The van der Waals surface area contributed by atoms with Crippen LogP contribution in [0.4, 0.5) is 0 Å². The maximum absolute atomic E-state index is 10.9. The van der Waals surface area contributed by atoms with Crippen molar-refractivity contribution < 1.29 is 4.79 Å². The molecule has 0 aromatic carbocycles. The van der Waals surface area contributed by atoms with Crippen LogP contribution in [0.25, 0.3) is 10.7 Å². The summed E-state index contributed by atoms with van der Waals surface area (Å²) in [6, 6.07) is 5.30. The Balaban J connectivity index is 2.46. The van der Waals surface area contributed by atoms with Crippen LogP contribution in [-0.4, -0.2) is 15.9 Å². The molecule has 1 amide bonds. The lowest BCUT2D eigenvalue weighted by Gasteiger charge is -1.97. The van der Waals surface area contributed by atoms with Crippen molar-refractivity contribution >= 4 is 17.2 Å². The molecule has 0 saturated heterocycles. The predicted octanol–water partition coefficient (Wildman–Crippen LogP) is 1.30. The van der Waals surface area contributed by atoms with E-state index >= 15 is 0 Å². The Morgan fingerprint density at radius 1 is 1.43 bits per heavy atom. The lowest BCUT2D eigenvalue weighted by molar-refractivity contribution is 0.0995. The Hall–Kier alpha value is -1.75. The molecule has 5 heteroatoms. The zero-order chi connectivity index (χ0) is 9.97. The summed E-state index contributed by atoms with van der Waals surface area (Å²) in [7, 11) is 0. The Morgan fingerprint density at radius 3 is 2.93 bits per heavy atom. The molecular formula is C9H7N3OS.